The fourth-order valence-corrected chi connectivity index (χ4v) is 5.90. The third kappa shape index (κ3) is 5.36. The normalized spacial score (nSPS) is 22.2. The molecular formula is C25H33ClN2O3S. The molecule has 5 nitrogen and oxygen atoms in total. The van der Waals surface area contributed by atoms with Crippen LogP contribution in [0.25, 0.3) is 10.4 Å². The van der Waals surface area contributed by atoms with E-state index in [-0.39, 0.29) is 35.2 Å². The van der Waals surface area contributed by atoms with Crippen LogP contribution in [0.1, 0.15) is 55.1 Å². The van der Waals surface area contributed by atoms with E-state index in [0.29, 0.717) is 11.6 Å². The molecule has 1 N–H and O–H groups in total. The van der Waals surface area contributed by atoms with Gasteiger partial charge in [-0.15, -0.1) is 23.7 Å². The molecule has 0 atom stereocenters. The van der Waals surface area contributed by atoms with Crippen molar-refractivity contribution in [2.24, 2.45) is 11.8 Å². The van der Waals surface area contributed by atoms with Crippen LogP contribution in [0.2, 0.25) is 0 Å². The minimum Gasteiger partial charge on any atom is -0.477 e. The van der Waals surface area contributed by atoms with Gasteiger partial charge in [0.15, 0.2) is 0 Å². The molecule has 0 unspecified atom stereocenters. The summed E-state index contributed by atoms with van der Waals surface area (Å²) in [7, 11) is 2.10. The first kappa shape index (κ1) is 24.7. The number of carbonyl (C=O) groups excluding carboxylic acids is 1. The smallest absolute Gasteiger partial charge is 0.348 e. The van der Waals surface area contributed by atoms with E-state index in [9.17, 15) is 14.7 Å². The molecule has 0 spiro atoms. The SMILES string of the molecule is CN1CCC(N(c2cc(-c3ccccc3)sc2C(=O)O)C(=O)[C@H]2CC[C@H](C)CC2)CC1.Cl. The van der Waals surface area contributed by atoms with Gasteiger partial charge in [0, 0.05) is 16.8 Å². The van der Waals surface area contributed by atoms with Crippen molar-refractivity contribution < 1.29 is 14.7 Å². The lowest BCUT2D eigenvalue weighted by Crippen LogP contribution is -2.49. The molecule has 1 aliphatic carbocycles. The first-order valence-corrected chi connectivity index (χ1v) is 12.2. The van der Waals surface area contributed by atoms with Gasteiger partial charge < -0.3 is 14.9 Å². The number of likely N-dealkylation sites (tertiary alicyclic amines) is 1. The number of hydrogen-bond donors (Lipinski definition) is 1. The van der Waals surface area contributed by atoms with Crippen molar-refractivity contribution in [2.45, 2.75) is 51.5 Å². The number of hydrogen-bond acceptors (Lipinski definition) is 4. The summed E-state index contributed by atoms with van der Waals surface area (Å²) in [5.41, 5.74) is 1.58. The average Bonchev–Trinajstić information content (AvgIpc) is 3.22. The number of anilines is 1. The predicted molar refractivity (Wildman–Crippen MR) is 133 cm³/mol. The van der Waals surface area contributed by atoms with Gasteiger partial charge in [-0.1, -0.05) is 37.3 Å². The average molecular weight is 477 g/mol. The van der Waals surface area contributed by atoms with Gasteiger partial charge in [-0.3, -0.25) is 4.79 Å². The maximum atomic E-state index is 13.8. The molecule has 1 amide bonds. The number of carboxylic acid groups (broad SMARTS) is 1. The van der Waals surface area contributed by atoms with Gasteiger partial charge in [0.25, 0.3) is 0 Å². The Bertz CT molecular complexity index is 917. The topological polar surface area (TPSA) is 60.9 Å². The third-order valence-corrected chi connectivity index (χ3v) is 8.04. The molecule has 32 heavy (non-hydrogen) atoms. The Labute approximate surface area is 200 Å². The van der Waals surface area contributed by atoms with Crippen molar-refractivity contribution in [3.63, 3.8) is 0 Å². The van der Waals surface area contributed by atoms with Crippen LogP contribution in [0.3, 0.4) is 0 Å². The Morgan fingerprint density at radius 3 is 2.25 bits per heavy atom. The van der Waals surface area contributed by atoms with E-state index < -0.39 is 5.97 Å². The first-order chi connectivity index (χ1) is 14.9. The lowest BCUT2D eigenvalue weighted by Gasteiger charge is -2.39. The van der Waals surface area contributed by atoms with Gasteiger partial charge in [-0.05, 0) is 76.2 Å². The maximum absolute atomic E-state index is 13.8. The molecular weight excluding hydrogens is 444 g/mol. The van der Waals surface area contributed by atoms with Gasteiger partial charge in [0.05, 0.1) is 5.69 Å². The van der Waals surface area contributed by atoms with E-state index in [1.807, 2.05) is 41.3 Å². The number of halogens is 1. The molecule has 1 saturated heterocycles. The number of piperidine rings is 1. The molecule has 2 heterocycles. The monoisotopic (exact) mass is 476 g/mol. The van der Waals surface area contributed by atoms with Crippen LogP contribution in [0, 0.1) is 11.8 Å². The summed E-state index contributed by atoms with van der Waals surface area (Å²) < 4.78 is 0. The Balaban J connectivity index is 0.00000289. The molecule has 7 heteroatoms. The van der Waals surface area contributed by atoms with Crippen molar-refractivity contribution >= 4 is 41.3 Å². The molecule has 2 aliphatic rings. The molecule has 0 bridgehead atoms. The van der Waals surface area contributed by atoms with Gasteiger partial charge in [-0.25, -0.2) is 4.79 Å². The van der Waals surface area contributed by atoms with E-state index in [4.69, 9.17) is 0 Å². The van der Waals surface area contributed by atoms with Gasteiger partial charge >= 0.3 is 5.97 Å². The standard InChI is InChI=1S/C25H32N2O3S.ClH/c1-17-8-10-19(11-9-17)24(28)27(20-12-14-26(2)15-13-20)21-16-22(31-23(21)25(29)30)18-6-4-3-5-7-18;/h3-7,16-17,19-20H,8-15H2,1-2H3,(H,29,30);1H/t17-,19-;. The van der Waals surface area contributed by atoms with Crippen molar-refractivity contribution in [1.29, 1.82) is 0 Å². The number of amides is 1. The quantitative estimate of drug-likeness (QED) is 0.593. The summed E-state index contributed by atoms with van der Waals surface area (Å²) >= 11 is 1.27. The van der Waals surface area contributed by atoms with Crippen molar-refractivity contribution in [3.05, 3.63) is 41.3 Å². The fourth-order valence-electron chi connectivity index (χ4n) is 4.91. The van der Waals surface area contributed by atoms with E-state index in [1.165, 1.54) is 11.3 Å². The zero-order chi connectivity index (χ0) is 22.0. The van der Waals surface area contributed by atoms with Crippen LogP contribution in [0.4, 0.5) is 5.69 Å². The highest BCUT2D eigenvalue weighted by Gasteiger charge is 2.36. The van der Waals surface area contributed by atoms with Crippen LogP contribution in [0.15, 0.2) is 36.4 Å². The summed E-state index contributed by atoms with van der Waals surface area (Å²) in [6, 6.07) is 11.8. The Hall–Kier alpha value is -1.89. The number of thiophene rings is 1. The number of carbonyl (C=O) groups is 2. The van der Waals surface area contributed by atoms with Crippen molar-refractivity contribution in [3.8, 4) is 10.4 Å². The van der Waals surface area contributed by atoms with Gasteiger partial charge in [-0.2, -0.15) is 0 Å². The number of aromatic carboxylic acids is 1. The maximum Gasteiger partial charge on any atom is 0.348 e. The fraction of sp³-hybridized carbons (Fsp3) is 0.520. The van der Waals surface area contributed by atoms with E-state index in [1.54, 1.807) is 0 Å². The van der Waals surface area contributed by atoms with Crippen LogP contribution in [-0.2, 0) is 4.79 Å². The highest BCUT2D eigenvalue weighted by Crippen LogP contribution is 2.41. The summed E-state index contributed by atoms with van der Waals surface area (Å²) in [4.78, 5) is 31.4. The lowest BCUT2D eigenvalue weighted by atomic mass is 9.82. The molecule has 174 valence electrons. The Morgan fingerprint density at radius 1 is 1.03 bits per heavy atom. The molecule has 1 aromatic heterocycles. The zero-order valence-electron chi connectivity index (χ0n) is 18.8. The second kappa shape index (κ2) is 10.8. The summed E-state index contributed by atoms with van der Waals surface area (Å²) in [5, 5.41) is 10.0. The highest BCUT2D eigenvalue weighted by molar-refractivity contribution is 7.18. The highest BCUT2D eigenvalue weighted by atomic mass is 35.5. The molecule has 2 fully saturated rings. The molecule has 1 aliphatic heterocycles. The molecule has 0 radical (unpaired) electrons. The van der Waals surface area contributed by atoms with Crippen molar-refractivity contribution in [2.75, 3.05) is 25.0 Å². The molecule has 1 saturated carbocycles. The largest absolute Gasteiger partial charge is 0.477 e. The minimum atomic E-state index is -0.954. The number of benzene rings is 1. The predicted octanol–water partition coefficient (Wildman–Crippen LogP) is 5.79. The Morgan fingerprint density at radius 2 is 1.66 bits per heavy atom. The van der Waals surface area contributed by atoms with E-state index in [0.717, 1.165) is 62.1 Å². The first-order valence-electron chi connectivity index (χ1n) is 11.4. The van der Waals surface area contributed by atoms with Gasteiger partial charge in [0.1, 0.15) is 4.88 Å². The number of nitrogens with zero attached hydrogens (tertiary/aromatic N) is 2. The second-order valence-electron chi connectivity index (χ2n) is 9.20. The third-order valence-electron chi connectivity index (χ3n) is 6.88. The summed E-state index contributed by atoms with van der Waals surface area (Å²) in [6.45, 7) is 4.10. The van der Waals surface area contributed by atoms with Crippen LogP contribution >= 0.6 is 23.7 Å². The number of carboxylic acids is 1. The Kier molecular flexibility index (Phi) is 8.37. The minimum absolute atomic E-state index is 0. The van der Waals surface area contributed by atoms with E-state index >= 15 is 0 Å². The molecule has 4 rings (SSSR count). The van der Waals surface area contributed by atoms with Crippen LogP contribution in [0.5, 0.6) is 0 Å². The zero-order valence-corrected chi connectivity index (χ0v) is 20.5. The second-order valence-corrected chi connectivity index (χ2v) is 10.2. The van der Waals surface area contributed by atoms with Crippen LogP contribution < -0.4 is 4.90 Å². The summed E-state index contributed by atoms with van der Waals surface area (Å²) in [6.07, 6.45) is 5.70. The van der Waals surface area contributed by atoms with Gasteiger partial charge in [0.2, 0.25) is 5.91 Å². The van der Waals surface area contributed by atoms with Crippen molar-refractivity contribution in [1.82, 2.24) is 4.90 Å². The van der Waals surface area contributed by atoms with E-state index in [2.05, 4.69) is 18.9 Å². The molecule has 1 aromatic carbocycles. The van der Waals surface area contributed by atoms with Crippen LogP contribution in [-0.4, -0.2) is 48.1 Å². The lowest BCUT2D eigenvalue weighted by molar-refractivity contribution is -0.124. The molecule has 2 aromatic rings. The summed E-state index contributed by atoms with van der Waals surface area (Å²) in [5.74, 6) is -0.162. The number of rotatable bonds is 5.